The van der Waals surface area contributed by atoms with Gasteiger partial charge in [0.25, 0.3) is 0 Å². The van der Waals surface area contributed by atoms with Gasteiger partial charge >= 0.3 is 0 Å². The molecule has 2 aliphatic heterocycles. The van der Waals surface area contributed by atoms with Crippen LogP contribution >= 0.6 is 0 Å². The highest BCUT2D eigenvalue weighted by Crippen LogP contribution is 2.29. The Bertz CT molecular complexity index is 1020. The zero-order chi connectivity index (χ0) is 20.3. The van der Waals surface area contributed by atoms with Crippen molar-refractivity contribution in [3.05, 3.63) is 71.5 Å². The van der Waals surface area contributed by atoms with E-state index in [1.807, 2.05) is 27.8 Å². The number of piperidine rings is 1. The van der Waals surface area contributed by atoms with E-state index in [4.69, 9.17) is 0 Å². The summed E-state index contributed by atoms with van der Waals surface area (Å²) in [6.45, 7) is 3.35. The molecule has 0 spiro atoms. The van der Waals surface area contributed by atoms with Gasteiger partial charge < -0.3 is 9.80 Å². The molecule has 1 saturated heterocycles. The minimum atomic E-state index is 0.169. The molecule has 3 aromatic rings. The first-order chi connectivity index (χ1) is 14.8. The van der Waals surface area contributed by atoms with E-state index in [0.717, 1.165) is 36.5 Å². The van der Waals surface area contributed by atoms with Crippen LogP contribution in [0.4, 0.5) is 5.69 Å². The molecule has 6 heteroatoms. The summed E-state index contributed by atoms with van der Waals surface area (Å²) in [5, 5.41) is 8.41. The van der Waals surface area contributed by atoms with E-state index in [2.05, 4.69) is 45.5 Å². The van der Waals surface area contributed by atoms with Crippen molar-refractivity contribution in [1.82, 2.24) is 19.9 Å². The van der Waals surface area contributed by atoms with Gasteiger partial charge in [-0.25, -0.2) is 4.68 Å². The summed E-state index contributed by atoms with van der Waals surface area (Å²) in [5.41, 5.74) is 5.55. The molecular formula is C24H27N5O. The second-order valence-electron chi connectivity index (χ2n) is 8.23. The van der Waals surface area contributed by atoms with E-state index in [1.54, 1.807) is 6.20 Å². The monoisotopic (exact) mass is 401 g/mol. The van der Waals surface area contributed by atoms with Gasteiger partial charge in [-0.15, -0.1) is 5.10 Å². The minimum absolute atomic E-state index is 0.169. The molecular weight excluding hydrogens is 374 g/mol. The van der Waals surface area contributed by atoms with Gasteiger partial charge in [0.05, 0.1) is 24.1 Å². The summed E-state index contributed by atoms with van der Waals surface area (Å²) in [5.74, 6) is 0.169. The maximum atomic E-state index is 13.1. The van der Waals surface area contributed by atoms with Crippen LogP contribution in [0.15, 0.2) is 54.7 Å². The highest BCUT2D eigenvalue weighted by atomic mass is 16.2. The van der Waals surface area contributed by atoms with Gasteiger partial charge in [-0.2, -0.15) is 0 Å². The molecule has 0 atom stereocenters. The van der Waals surface area contributed by atoms with E-state index in [0.29, 0.717) is 19.5 Å². The van der Waals surface area contributed by atoms with Crippen molar-refractivity contribution in [2.75, 3.05) is 18.0 Å². The van der Waals surface area contributed by atoms with Gasteiger partial charge in [0.2, 0.25) is 5.91 Å². The highest BCUT2D eigenvalue weighted by Gasteiger charge is 2.24. The molecule has 6 nitrogen and oxygen atoms in total. The number of nitrogens with zero attached hydrogens (tertiary/aromatic N) is 5. The van der Waals surface area contributed by atoms with Crippen molar-refractivity contribution in [3.63, 3.8) is 0 Å². The molecule has 0 bridgehead atoms. The Morgan fingerprint density at radius 2 is 1.80 bits per heavy atom. The van der Waals surface area contributed by atoms with Crippen LogP contribution in [0.1, 0.15) is 42.5 Å². The van der Waals surface area contributed by atoms with E-state index < -0.39 is 0 Å². The van der Waals surface area contributed by atoms with Crippen LogP contribution < -0.4 is 4.90 Å². The standard InChI is InChI=1S/C24H27N5O/c30-24(12-9-19-7-3-1-4-8-19)28-17-20-15-21(27-13-5-2-6-14-27)10-11-23(20)29-22(18-28)16-25-26-29/h1,3-4,7-8,10-11,15-16H,2,5-6,9,12-14,17-18H2. The number of hydrogen-bond acceptors (Lipinski definition) is 4. The molecule has 2 aliphatic rings. The van der Waals surface area contributed by atoms with Gasteiger partial charge in [0, 0.05) is 31.7 Å². The number of carbonyl (C=O) groups excluding carboxylic acids is 1. The lowest BCUT2D eigenvalue weighted by molar-refractivity contribution is -0.132. The minimum Gasteiger partial charge on any atom is -0.372 e. The van der Waals surface area contributed by atoms with Gasteiger partial charge in [0.1, 0.15) is 0 Å². The molecule has 154 valence electrons. The number of carbonyl (C=O) groups is 1. The lowest BCUT2D eigenvalue weighted by Gasteiger charge is -2.29. The summed E-state index contributed by atoms with van der Waals surface area (Å²) in [4.78, 5) is 17.5. The number of amides is 1. The third kappa shape index (κ3) is 3.82. The quantitative estimate of drug-likeness (QED) is 0.668. The Labute approximate surface area is 177 Å². The van der Waals surface area contributed by atoms with Crippen molar-refractivity contribution >= 4 is 11.6 Å². The predicted octanol–water partition coefficient (Wildman–Crippen LogP) is 3.73. The fourth-order valence-electron chi connectivity index (χ4n) is 4.51. The van der Waals surface area contributed by atoms with Crippen LogP contribution in [0.3, 0.4) is 0 Å². The molecule has 0 N–H and O–H groups in total. The first-order valence-corrected chi connectivity index (χ1v) is 10.9. The Morgan fingerprint density at radius 1 is 0.967 bits per heavy atom. The molecule has 2 aromatic carbocycles. The van der Waals surface area contributed by atoms with Crippen molar-refractivity contribution in [3.8, 4) is 5.69 Å². The molecule has 0 aliphatic carbocycles. The smallest absolute Gasteiger partial charge is 0.223 e. The van der Waals surface area contributed by atoms with E-state index >= 15 is 0 Å². The lowest BCUT2D eigenvalue weighted by atomic mass is 10.1. The van der Waals surface area contributed by atoms with Crippen LogP contribution in [0.2, 0.25) is 0 Å². The Balaban J connectivity index is 1.40. The molecule has 0 radical (unpaired) electrons. The van der Waals surface area contributed by atoms with Crippen molar-refractivity contribution in [1.29, 1.82) is 0 Å². The predicted molar refractivity (Wildman–Crippen MR) is 116 cm³/mol. The molecule has 1 aromatic heterocycles. The third-order valence-corrected chi connectivity index (χ3v) is 6.17. The Morgan fingerprint density at radius 3 is 2.63 bits per heavy atom. The zero-order valence-corrected chi connectivity index (χ0v) is 17.2. The van der Waals surface area contributed by atoms with Crippen molar-refractivity contribution in [2.24, 2.45) is 0 Å². The summed E-state index contributed by atoms with van der Waals surface area (Å²) < 4.78 is 1.89. The molecule has 30 heavy (non-hydrogen) atoms. The molecule has 0 saturated carbocycles. The summed E-state index contributed by atoms with van der Waals surface area (Å²) in [6.07, 6.45) is 6.84. The Kier molecular flexibility index (Phi) is 5.22. The molecule has 3 heterocycles. The first-order valence-electron chi connectivity index (χ1n) is 10.9. The van der Waals surface area contributed by atoms with Crippen molar-refractivity contribution < 1.29 is 4.79 Å². The second-order valence-corrected chi connectivity index (χ2v) is 8.23. The lowest BCUT2D eigenvalue weighted by Crippen LogP contribution is -2.30. The fourth-order valence-corrected chi connectivity index (χ4v) is 4.51. The maximum absolute atomic E-state index is 13.1. The van der Waals surface area contributed by atoms with Gasteiger partial charge in [-0.3, -0.25) is 4.79 Å². The highest BCUT2D eigenvalue weighted by molar-refractivity contribution is 5.77. The largest absolute Gasteiger partial charge is 0.372 e. The van der Waals surface area contributed by atoms with Crippen LogP contribution in [-0.2, 0) is 24.3 Å². The maximum Gasteiger partial charge on any atom is 0.223 e. The van der Waals surface area contributed by atoms with E-state index in [1.165, 1.54) is 30.5 Å². The summed E-state index contributed by atoms with van der Waals surface area (Å²) in [7, 11) is 0. The number of benzene rings is 2. The first kappa shape index (κ1) is 18.9. The molecule has 1 amide bonds. The fraction of sp³-hybridized carbons (Fsp3) is 0.375. The average molecular weight is 402 g/mol. The van der Waals surface area contributed by atoms with E-state index in [-0.39, 0.29) is 5.91 Å². The topological polar surface area (TPSA) is 54.3 Å². The summed E-state index contributed by atoms with van der Waals surface area (Å²) >= 11 is 0. The van der Waals surface area contributed by atoms with E-state index in [9.17, 15) is 4.79 Å². The van der Waals surface area contributed by atoms with Gasteiger partial charge in [0.15, 0.2) is 0 Å². The number of anilines is 1. The van der Waals surface area contributed by atoms with Crippen molar-refractivity contribution in [2.45, 2.75) is 45.2 Å². The van der Waals surface area contributed by atoms with Crippen LogP contribution in [-0.4, -0.2) is 38.9 Å². The van der Waals surface area contributed by atoms with Gasteiger partial charge in [-0.05, 0) is 55.0 Å². The average Bonchev–Trinajstić information content (AvgIpc) is 3.20. The molecule has 5 rings (SSSR count). The number of rotatable bonds is 4. The number of fused-ring (bicyclic) bond motifs is 3. The number of aryl methyl sites for hydroxylation is 1. The second kappa shape index (κ2) is 8.30. The third-order valence-electron chi connectivity index (χ3n) is 6.17. The van der Waals surface area contributed by atoms with Crippen LogP contribution in [0.25, 0.3) is 5.69 Å². The molecule has 0 unspecified atom stereocenters. The van der Waals surface area contributed by atoms with Crippen LogP contribution in [0.5, 0.6) is 0 Å². The summed E-state index contributed by atoms with van der Waals surface area (Å²) in [6, 6.07) is 16.8. The van der Waals surface area contributed by atoms with Gasteiger partial charge in [-0.1, -0.05) is 35.5 Å². The zero-order valence-electron chi connectivity index (χ0n) is 17.2. The SMILES string of the molecule is O=C(CCc1ccccc1)N1Cc2cc(N3CCCCC3)ccc2-n2nncc2C1. The normalized spacial score (nSPS) is 16.0. The molecule has 1 fully saturated rings. The number of hydrogen-bond donors (Lipinski definition) is 0. The number of aromatic nitrogens is 3. The van der Waals surface area contributed by atoms with Crippen LogP contribution in [0, 0.1) is 0 Å². The Hall–Kier alpha value is -3.15.